The lowest BCUT2D eigenvalue weighted by Gasteiger charge is -2.42. The van der Waals surface area contributed by atoms with E-state index in [4.69, 9.17) is 10.5 Å². The largest absolute Gasteiger partial charge is 0.427 e. The van der Waals surface area contributed by atoms with Crippen LogP contribution in [0.15, 0.2) is 28.7 Å². The Labute approximate surface area is 133 Å². The summed E-state index contributed by atoms with van der Waals surface area (Å²) in [6.07, 6.45) is -0.987. The molecule has 0 fully saturated rings. The van der Waals surface area contributed by atoms with Crippen LogP contribution in [0.2, 0.25) is 0 Å². The summed E-state index contributed by atoms with van der Waals surface area (Å²) in [4.78, 5) is 24.1. The highest BCUT2D eigenvalue weighted by Crippen LogP contribution is 2.43. The van der Waals surface area contributed by atoms with Crippen LogP contribution in [-0.2, 0) is 15.1 Å². The molecule has 0 saturated heterocycles. The number of carbonyl (C=O) groups is 2. The molecular formula is C15H21BrN2O3. The lowest BCUT2D eigenvalue weighted by molar-refractivity contribution is -0.154. The minimum absolute atomic E-state index is 0.390. The molecule has 0 aliphatic rings. The van der Waals surface area contributed by atoms with Gasteiger partial charge in [0, 0.05) is 22.0 Å². The molecule has 1 atom stereocenters. The predicted molar refractivity (Wildman–Crippen MR) is 84.6 cm³/mol. The van der Waals surface area contributed by atoms with E-state index in [0.29, 0.717) is 12.1 Å². The Morgan fingerprint density at radius 3 is 2.14 bits per heavy atom. The van der Waals surface area contributed by atoms with Gasteiger partial charge in [0.25, 0.3) is 5.91 Å². The van der Waals surface area contributed by atoms with Crippen molar-refractivity contribution < 1.29 is 14.3 Å². The Kier molecular flexibility index (Phi) is 5.39. The topological polar surface area (TPSA) is 81.4 Å². The lowest BCUT2D eigenvalue weighted by atomic mass is 9.71. The van der Waals surface area contributed by atoms with Crippen LogP contribution >= 0.6 is 15.9 Å². The first-order chi connectivity index (χ1) is 9.65. The van der Waals surface area contributed by atoms with Crippen molar-refractivity contribution in [1.82, 2.24) is 5.32 Å². The normalized spacial score (nSPS) is 14.1. The maximum atomic E-state index is 12.7. The van der Waals surface area contributed by atoms with Crippen molar-refractivity contribution in [2.75, 3.05) is 6.54 Å². The first-order valence-electron chi connectivity index (χ1n) is 6.68. The second kappa shape index (κ2) is 6.47. The van der Waals surface area contributed by atoms with Crippen LogP contribution in [0, 0.1) is 5.41 Å². The second-order valence-electron chi connectivity index (χ2n) is 5.72. The van der Waals surface area contributed by atoms with Gasteiger partial charge in [0.2, 0.25) is 5.60 Å². The number of benzene rings is 1. The molecule has 6 heteroatoms. The quantitative estimate of drug-likeness (QED) is 0.869. The van der Waals surface area contributed by atoms with Crippen molar-refractivity contribution >= 4 is 27.9 Å². The van der Waals surface area contributed by atoms with E-state index in [0.717, 1.165) is 4.47 Å². The number of nitrogens with two attached hydrogens (primary N) is 1. The van der Waals surface area contributed by atoms with Gasteiger partial charge in [0.1, 0.15) is 0 Å². The van der Waals surface area contributed by atoms with Crippen LogP contribution in [-0.4, -0.2) is 18.5 Å². The third-order valence-electron chi connectivity index (χ3n) is 3.22. The number of ether oxygens (including phenoxy) is 1. The van der Waals surface area contributed by atoms with E-state index in [1.807, 2.05) is 20.8 Å². The number of hydrogen-bond donors (Lipinski definition) is 2. The molecule has 1 aromatic rings. The molecule has 0 saturated carbocycles. The van der Waals surface area contributed by atoms with Crippen LogP contribution in [0.25, 0.3) is 0 Å². The van der Waals surface area contributed by atoms with Gasteiger partial charge in [-0.25, -0.2) is 4.79 Å². The van der Waals surface area contributed by atoms with Gasteiger partial charge in [-0.15, -0.1) is 0 Å². The molecular weight excluding hydrogens is 336 g/mol. The minimum atomic E-state index is -1.49. The second-order valence-corrected chi connectivity index (χ2v) is 6.63. The van der Waals surface area contributed by atoms with Gasteiger partial charge >= 0.3 is 6.09 Å². The highest BCUT2D eigenvalue weighted by molar-refractivity contribution is 9.10. The Morgan fingerprint density at radius 1 is 1.24 bits per heavy atom. The van der Waals surface area contributed by atoms with E-state index < -0.39 is 23.0 Å². The predicted octanol–water partition coefficient (Wildman–Crippen LogP) is 2.92. The molecule has 0 aliphatic carbocycles. The minimum Gasteiger partial charge on any atom is -0.427 e. The van der Waals surface area contributed by atoms with Gasteiger partial charge in [-0.1, -0.05) is 48.8 Å². The number of amides is 2. The van der Waals surface area contributed by atoms with Crippen molar-refractivity contribution in [3.05, 3.63) is 34.3 Å². The Hall–Kier alpha value is -1.56. The summed E-state index contributed by atoms with van der Waals surface area (Å²) >= 11 is 3.35. The van der Waals surface area contributed by atoms with E-state index in [2.05, 4.69) is 21.2 Å². The number of carbonyl (C=O) groups excluding carboxylic acids is 2. The standard InChI is InChI=1S/C15H21BrN2O3/c1-5-18-12(19)15(14(2,3)4,21-13(17)20)10-6-8-11(16)9-7-10/h6-9H,5H2,1-4H3,(H2,17,20)(H,18,19). The van der Waals surface area contributed by atoms with E-state index in [1.54, 1.807) is 31.2 Å². The van der Waals surface area contributed by atoms with E-state index in [1.165, 1.54) is 0 Å². The van der Waals surface area contributed by atoms with E-state index in [-0.39, 0.29) is 0 Å². The molecule has 0 spiro atoms. The molecule has 0 aromatic heterocycles. The van der Waals surface area contributed by atoms with Crippen molar-refractivity contribution in [2.45, 2.75) is 33.3 Å². The first kappa shape index (κ1) is 17.5. The van der Waals surface area contributed by atoms with Gasteiger partial charge in [0.15, 0.2) is 0 Å². The summed E-state index contributed by atoms with van der Waals surface area (Å²) in [6.45, 7) is 7.71. The highest BCUT2D eigenvalue weighted by Gasteiger charge is 2.53. The Morgan fingerprint density at radius 2 is 1.76 bits per heavy atom. The molecule has 0 aliphatic heterocycles. The molecule has 2 amide bonds. The summed E-state index contributed by atoms with van der Waals surface area (Å²) < 4.78 is 6.22. The van der Waals surface area contributed by atoms with Gasteiger partial charge in [-0.05, 0) is 19.1 Å². The average molecular weight is 357 g/mol. The van der Waals surface area contributed by atoms with Crippen LogP contribution in [0.1, 0.15) is 33.3 Å². The van der Waals surface area contributed by atoms with Crippen LogP contribution < -0.4 is 11.1 Å². The summed E-state index contributed by atoms with van der Waals surface area (Å²) in [5.74, 6) is -0.390. The average Bonchev–Trinajstić information content (AvgIpc) is 2.35. The molecule has 1 unspecified atom stereocenters. The van der Waals surface area contributed by atoms with Crippen molar-refractivity contribution in [3.8, 4) is 0 Å². The number of nitrogens with one attached hydrogen (secondary N) is 1. The van der Waals surface area contributed by atoms with Crippen molar-refractivity contribution in [1.29, 1.82) is 0 Å². The lowest BCUT2D eigenvalue weighted by Crippen LogP contribution is -2.56. The summed E-state index contributed by atoms with van der Waals surface area (Å²) in [5, 5.41) is 2.73. The number of halogens is 1. The molecule has 5 nitrogen and oxygen atoms in total. The maximum absolute atomic E-state index is 12.7. The molecule has 0 heterocycles. The van der Waals surface area contributed by atoms with Crippen molar-refractivity contribution in [3.63, 3.8) is 0 Å². The Bertz CT molecular complexity index is 523. The summed E-state index contributed by atoms with van der Waals surface area (Å²) in [5.41, 5.74) is 3.62. The number of likely N-dealkylation sites (N-methyl/N-ethyl adjacent to an activating group) is 1. The molecule has 0 bridgehead atoms. The zero-order chi connectivity index (χ0) is 16.3. The maximum Gasteiger partial charge on any atom is 0.405 e. The van der Waals surface area contributed by atoms with Crippen LogP contribution in [0.4, 0.5) is 4.79 Å². The van der Waals surface area contributed by atoms with E-state index >= 15 is 0 Å². The van der Waals surface area contributed by atoms with Crippen LogP contribution in [0.3, 0.4) is 0 Å². The third-order valence-corrected chi connectivity index (χ3v) is 3.75. The highest BCUT2D eigenvalue weighted by atomic mass is 79.9. The SMILES string of the molecule is CCNC(=O)C(OC(N)=O)(c1ccc(Br)cc1)C(C)(C)C. The number of primary amides is 1. The van der Waals surface area contributed by atoms with Crippen LogP contribution in [0.5, 0.6) is 0 Å². The summed E-state index contributed by atoms with van der Waals surface area (Å²) in [6, 6.07) is 7.07. The van der Waals surface area contributed by atoms with E-state index in [9.17, 15) is 9.59 Å². The monoisotopic (exact) mass is 356 g/mol. The molecule has 1 rings (SSSR count). The molecule has 21 heavy (non-hydrogen) atoms. The Balaban J connectivity index is 3.53. The molecule has 3 N–H and O–H groups in total. The van der Waals surface area contributed by atoms with Gasteiger partial charge in [-0.2, -0.15) is 0 Å². The smallest absolute Gasteiger partial charge is 0.405 e. The fourth-order valence-corrected chi connectivity index (χ4v) is 2.55. The number of hydrogen-bond acceptors (Lipinski definition) is 3. The zero-order valence-electron chi connectivity index (χ0n) is 12.7. The third kappa shape index (κ3) is 3.56. The molecule has 116 valence electrons. The number of rotatable bonds is 4. The summed E-state index contributed by atoms with van der Waals surface area (Å²) in [7, 11) is 0. The molecule has 1 aromatic carbocycles. The van der Waals surface area contributed by atoms with Crippen molar-refractivity contribution in [2.24, 2.45) is 11.1 Å². The van der Waals surface area contributed by atoms with Gasteiger partial charge < -0.3 is 15.8 Å². The molecule has 0 radical (unpaired) electrons. The fourth-order valence-electron chi connectivity index (χ4n) is 2.28. The fraction of sp³-hybridized carbons (Fsp3) is 0.467. The first-order valence-corrected chi connectivity index (χ1v) is 7.47. The van der Waals surface area contributed by atoms with Gasteiger partial charge in [-0.3, -0.25) is 4.79 Å². The van der Waals surface area contributed by atoms with Gasteiger partial charge in [0.05, 0.1) is 0 Å². The zero-order valence-corrected chi connectivity index (χ0v) is 14.3.